The van der Waals surface area contributed by atoms with E-state index in [2.05, 4.69) is 9.64 Å². The van der Waals surface area contributed by atoms with Gasteiger partial charge in [0, 0.05) is 18.8 Å². The summed E-state index contributed by atoms with van der Waals surface area (Å²) >= 11 is 0. The van der Waals surface area contributed by atoms with Crippen LogP contribution in [0, 0.1) is 0 Å². The predicted octanol–water partition coefficient (Wildman–Crippen LogP) is 2.13. The van der Waals surface area contributed by atoms with Crippen LogP contribution >= 0.6 is 0 Å². The standard InChI is InChI=1S/C13H14F3NO3/c14-13(15,16)12(18)20-9-10-2-1-3-11(8-10)17-4-6-19-7-5-17/h1-3,8H,4-7,9H2. The molecule has 1 aromatic rings. The minimum atomic E-state index is -4.96. The number of rotatable bonds is 3. The van der Waals surface area contributed by atoms with Crippen LogP contribution in [0.15, 0.2) is 24.3 Å². The third-order valence-corrected chi connectivity index (χ3v) is 2.89. The molecule has 110 valence electrons. The van der Waals surface area contributed by atoms with Gasteiger partial charge in [0.25, 0.3) is 0 Å². The molecule has 0 aromatic heterocycles. The van der Waals surface area contributed by atoms with Crippen molar-refractivity contribution >= 4 is 11.7 Å². The number of hydrogen-bond donors (Lipinski definition) is 0. The Hall–Kier alpha value is -1.76. The Kier molecular flexibility index (Phi) is 4.49. The second-order valence-corrected chi connectivity index (χ2v) is 4.34. The molecule has 0 atom stereocenters. The summed E-state index contributed by atoms with van der Waals surface area (Å²) in [6.07, 6.45) is -4.96. The third-order valence-electron chi connectivity index (χ3n) is 2.89. The molecule has 20 heavy (non-hydrogen) atoms. The van der Waals surface area contributed by atoms with Crippen LogP contribution in [0.25, 0.3) is 0 Å². The number of ether oxygens (including phenoxy) is 2. The molecule has 1 heterocycles. The summed E-state index contributed by atoms with van der Waals surface area (Å²) in [6.45, 7) is 2.30. The summed E-state index contributed by atoms with van der Waals surface area (Å²) in [5, 5.41) is 0. The molecule has 1 saturated heterocycles. The van der Waals surface area contributed by atoms with Crippen molar-refractivity contribution in [2.24, 2.45) is 0 Å². The van der Waals surface area contributed by atoms with Gasteiger partial charge in [-0.2, -0.15) is 13.2 Å². The van der Waals surface area contributed by atoms with Crippen LogP contribution in [0.5, 0.6) is 0 Å². The maximum atomic E-state index is 12.0. The van der Waals surface area contributed by atoms with Crippen LogP contribution in [-0.2, 0) is 20.9 Å². The van der Waals surface area contributed by atoms with Gasteiger partial charge in [-0.1, -0.05) is 12.1 Å². The van der Waals surface area contributed by atoms with Crippen LogP contribution in [0.3, 0.4) is 0 Å². The molecule has 1 aliphatic rings. The van der Waals surface area contributed by atoms with Crippen molar-refractivity contribution in [2.75, 3.05) is 31.2 Å². The largest absolute Gasteiger partial charge is 0.490 e. The lowest BCUT2D eigenvalue weighted by atomic mass is 10.2. The number of alkyl halides is 3. The van der Waals surface area contributed by atoms with Gasteiger partial charge in [0.05, 0.1) is 13.2 Å². The topological polar surface area (TPSA) is 38.8 Å². The summed E-state index contributed by atoms with van der Waals surface area (Å²) < 4.78 is 45.5. The summed E-state index contributed by atoms with van der Waals surface area (Å²) in [7, 11) is 0. The number of halogens is 3. The van der Waals surface area contributed by atoms with Crippen molar-refractivity contribution in [1.29, 1.82) is 0 Å². The third kappa shape index (κ3) is 3.86. The Balaban J connectivity index is 1.97. The van der Waals surface area contributed by atoms with Crippen LogP contribution < -0.4 is 4.90 Å². The fraction of sp³-hybridized carbons (Fsp3) is 0.462. The van der Waals surface area contributed by atoms with E-state index in [0.717, 1.165) is 18.8 Å². The first-order valence-corrected chi connectivity index (χ1v) is 6.12. The lowest BCUT2D eigenvalue weighted by Gasteiger charge is -2.29. The van der Waals surface area contributed by atoms with Gasteiger partial charge >= 0.3 is 12.1 Å². The summed E-state index contributed by atoms with van der Waals surface area (Å²) in [6, 6.07) is 6.92. The number of carbonyl (C=O) groups excluding carboxylic acids is 1. The predicted molar refractivity (Wildman–Crippen MR) is 65.3 cm³/mol. The molecular formula is C13H14F3NO3. The van der Waals surface area contributed by atoms with Gasteiger partial charge in [0.15, 0.2) is 0 Å². The molecule has 0 N–H and O–H groups in total. The zero-order valence-corrected chi connectivity index (χ0v) is 10.7. The molecule has 7 heteroatoms. The molecule has 0 saturated carbocycles. The van der Waals surface area contributed by atoms with Crippen molar-refractivity contribution < 1.29 is 27.4 Å². The first-order chi connectivity index (χ1) is 9.47. The van der Waals surface area contributed by atoms with Gasteiger partial charge in [-0.25, -0.2) is 4.79 Å². The summed E-state index contributed by atoms with van der Waals surface area (Å²) in [5.41, 5.74) is 1.40. The molecule has 0 radical (unpaired) electrons. The highest BCUT2D eigenvalue weighted by Gasteiger charge is 2.40. The van der Waals surface area contributed by atoms with Crippen molar-refractivity contribution in [3.63, 3.8) is 0 Å². The number of carbonyl (C=O) groups is 1. The molecule has 1 fully saturated rings. The van der Waals surface area contributed by atoms with E-state index in [1.807, 2.05) is 6.07 Å². The van der Waals surface area contributed by atoms with E-state index in [9.17, 15) is 18.0 Å². The van der Waals surface area contributed by atoms with E-state index in [0.29, 0.717) is 18.8 Å². The zero-order valence-electron chi connectivity index (χ0n) is 10.7. The van der Waals surface area contributed by atoms with Crippen LogP contribution in [0.1, 0.15) is 5.56 Å². The molecule has 0 aliphatic carbocycles. The van der Waals surface area contributed by atoms with E-state index < -0.39 is 18.8 Å². The van der Waals surface area contributed by atoms with Crippen LogP contribution in [0.4, 0.5) is 18.9 Å². The van der Waals surface area contributed by atoms with Gasteiger partial charge in [0.1, 0.15) is 6.61 Å². The molecule has 0 unspecified atom stereocenters. The smallest absolute Gasteiger partial charge is 0.454 e. The Morgan fingerprint density at radius 1 is 1.30 bits per heavy atom. The molecule has 0 amide bonds. The average molecular weight is 289 g/mol. The number of morpholine rings is 1. The molecule has 0 bridgehead atoms. The fourth-order valence-corrected chi connectivity index (χ4v) is 1.90. The Morgan fingerprint density at radius 3 is 2.65 bits per heavy atom. The number of benzene rings is 1. The van der Waals surface area contributed by atoms with E-state index >= 15 is 0 Å². The van der Waals surface area contributed by atoms with Crippen molar-refractivity contribution in [3.05, 3.63) is 29.8 Å². The second kappa shape index (κ2) is 6.13. The van der Waals surface area contributed by atoms with Crippen LogP contribution in [-0.4, -0.2) is 38.4 Å². The lowest BCUT2D eigenvalue weighted by molar-refractivity contribution is -0.201. The molecule has 4 nitrogen and oxygen atoms in total. The number of hydrogen-bond acceptors (Lipinski definition) is 4. The number of esters is 1. The fourth-order valence-electron chi connectivity index (χ4n) is 1.90. The first-order valence-electron chi connectivity index (χ1n) is 6.12. The van der Waals surface area contributed by atoms with Gasteiger partial charge in [-0.15, -0.1) is 0 Å². The maximum Gasteiger partial charge on any atom is 0.490 e. The van der Waals surface area contributed by atoms with Crippen molar-refractivity contribution in [2.45, 2.75) is 12.8 Å². The van der Waals surface area contributed by atoms with Crippen molar-refractivity contribution in [1.82, 2.24) is 0 Å². The molecular weight excluding hydrogens is 275 g/mol. The Morgan fingerprint density at radius 2 is 2.00 bits per heavy atom. The number of anilines is 1. The van der Waals surface area contributed by atoms with E-state index in [4.69, 9.17) is 4.74 Å². The molecule has 1 aromatic carbocycles. The van der Waals surface area contributed by atoms with E-state index in [1.54, 1.807) is 18.2 Å². The SMILES string of the molecule is O=C(OCc1cccc(N2CCOCC2)c1)C(F)(F)F. The monoisotopic (exact) mass is 289 g/mol. The Bertz CT molecular complexity index is 470. The molecule has 0 spiro atoms. The lowest BCUT2D eigenvalue weighted by Crippen LogP contribution is -2.36. The Labute approximate surface area is 114 Å². The quantitative estimate of drug-likeness (QED) is 0.799. The van der Waals surface area contributed by atoms with Gasteiger partial charge in [-0.05, 0) is 17.7 Å². The maximum absolute atomic E-state index is 12.0. The molecule has 1 aliphatic heterocycles. The van der Waals surface area contributed by atoms with Gasteiger partial charge in [-0.3, -0.25) is 0 Å². The normalized spacial score (nSPS) is 16.1. The summed E-state index contributed by atoms with van der Waals surface area (Å²) in [5.74, 6) is -2.17. The van der Waals surface area contributed by atoms with E-state index in [1.165, 1.54) is 0 Å². The van der Waals surface area contributed by atoms with Crippen molar-refractivity contribution in [3.8, 4) is 0 Å². The molecule has 2 rings (SSSR count). The minimum absolute atomic E-state index is 0.392. The highest BCUT2D eigenvalue weighted by Crippen LogP contribution is 2.20. The zero-order chi connectivity index (χ0) is 14.6. The second-order valence-electron chi connectivity index (χ2n) is 4.34. The van der Waals surface area contributed by atoms with Crippen LogP contribution in [0.2, 0.25) is 0 Å². The van der Waals surface area contributed by atoms with Gasteiger partial charge in [0.2, 0.25) is 0 Å². The summed E-state index contributed by atoms with van der Waals surface area (Å²) in [4.78, 5) is 12.7. The van der Waals surface area contributed by atoms with Gasteiger partial charge < -0.3 is 14.4 Å². The van der Waals surface area contributed by atoms with E-state index in [-0.39, 0.29) is 0 Å². The first kappa shape index (κ1) is 14.6. The average Bonchev–Trinajstić information content (AvgIpc) is 2.45. The highest BCUT2D eigenvalue weighted by atomic mass is 19.4. The number of nitrogens with zero attached hydrogens (tertiary/aromatic N) is 1. The highest BCUT2D eigenvalue weighted by molar-refractivity contribution is 5.75. The minimum Gasteiger partial charge on any atom is -0.454 e.